The summed E-state index contributed by atoms with van der Waals surface area (Å²) < 4.78 is 0. The van der Waals surface area contributed by atoms with Crippen LogP contribution < -0.4 is 10.2 Å². The zero-order valence-electron chi connectivity index (χ0n) is 12.3. The van der Waals surface area contributed by atoms with Crippen LogP contribution in [0.15, 0.2) is 47.5 Å². The Balaban J connectivity index is 1.99. The molecule has 22 heavy (non-hydrogen) atoms. The maximum Gasteiger partial charge on any atom is 0.199 e. The highest BCUT2D eigenvalue weighted by atomic mass is 35.5. The quantitative estimate of drug-likeness (QED) is 0.908. The monoisotopic (exact) mass is 333 g/mol. The van der Waals surface area contributed by atoms with Crippen LogP contribution in [0.1, 0.15) is 11.1 Å². The van der Waals surface area contributed by atoms with E-state index in [1.807, 2.05) is 23.1 Å². The first-order valence-corrected chi connectivity index (χ1v) is 7.96. The van der Waals surface area contributed by atoms with E-state index in [9.17, 15) is 0 Å². The van der Waals surface area contributed by atoms with Gasteiger partial charge >= 0.3 is 0 Å². The molecule has 1 heterocycles. The number of aryl methyl sites for hydroxylation is 1. The molecule has 1 N–H and O–H groups in total. The Morgan fingerprint density at radius 1 is 1.09 bits per heavy atom. The summed E-state index contributed by atoms with van der Waals surface area (Å²) in [5, 5.41) is 4.54. The first-order chi connectivity index (χ1) is 10.6. The summed E-state index contributed by atoms with van der Waals surface area (Å²) >= 11 is 12.8. The Kier molecular flexibility index (Phi) is 4.55. The summed E-state index contributed by atoms with van der Waals surface area (Å²) in [7, 11) is 0. The molecule has 0 saturated heterocycles. The number of para-hydroxylation sites is 1. The molecule has 0 aliphatic carbocycles. The fraction of sp³-hybridized carbons (Fsp3) is 0.235. The van der Waals surface area contributed by atoms with Gasteiger partial charge in [0.1, 0.15) is 0 Å². The third kappa shape index (κ3) is 3.21. The van der Waals surface area contributed by atoms with Crippen molar-refractivity contribution in [2.45, 2.75) is 13.5 Å². The van der Waals surface area contributed by atoms with Crippen LogP contribution in [0.2, 0.25) is 10.0 Å². The predicted molar refractivity (Wildman–Crippen MR) is 94.1 cm³/mol. The number of halogens is 2. The van der Waals surface area contributed by atoms with Crippen molar-refractivity contribution in [2.75, 3.05) is 18.0 Å². The molecule has 0 atom stereocenters. The van der Waals surface area contributed by atoms with Crippen LogP contribution in [0.4, 0.5) is 5.69 Å². The Morgan fingerprint density at radius 2 is 1.77 bits per heavy atom. The van der Waals surface area contributed by atoms with Gasteiger partial charge in [-0.25, -0.2) is 0 Å². The highest BCUT2D eigenvalue weighted by Gasteiger charge is 2.21. The number of hydrogen-bond acceptors (Lipinski definition) is 3. The number of guanidine groups is 1. The SMILES string of the molecule is Cc1ccc(CN(C2=NCCN2)c2c(Cl)cccc2Cl)cc1. The standard InChI is InChI=1S/C17H17Cl2N3/c1-12-5-7-13(8-6-12)11-22(17-20-9-10-21-17)16-14(18)3-2-4-15(16)19/h2-8H,9-11H2,1H3,(H,20,21). The first kappa shape index (κ1) is 15.2. The number of anilines is 1. The lowest BCUT2D eigenvalue weighted by molar-refractivity contribution is 0.924. The molecule has 1 aliphatic heterocycles. The molecule has 0 fully saturated rings. The average Bonchev–Trinajstić information content (AvgIpc) is 3.02. The van der Waals surface area contributed by atoms with E-state index in [1.54, 1.807) is 0 Å². The summed E-state index contributed by atoms with van der Waals surface area (Å²) in [5.41, 5.74) is 3.21. The lowest BCUT2D eigenvalue weighted by atomic mass is 10.1. The van der Waals surface area contributed by atoms with Crippen molar-refractivity contribution in [3.8, 4) is 0 Å². The molecular weight excluding hydrogens is 317 g/mol. The van der Waals surface area contributed by atoms with Crippen LogP contribution in [-0.2, 0) is 6.54 Å². The second-order valence-corrected chi connectivity index (χ2v) is 6.09. The maximum atomic E-state index is 6.39. The topological polar surface area (TPSA) is 27.6 Å². The van der Waals surface area contributed by atoms with E-state index in [0.717, 1.165) is 24.7 Å². The summed E-state index contributed by atoms with van der Waals surface area (Å²) in [6.07, 6.45) is 0. The van der Waals surface area contributed by atoms with Crippen LogP contribution >= 0.6 is 23.2 Å². The van der Waals surface area contributed by atoms with Crippen LogP contribution in [0.3, 0.4) is 0 Å². The average molecular weight is 334 g/mol. The van der Waals surface area contributed by atoms with Gasteiger partial charge in [-0.15, -0.1) is 0 Å². The van der Waals surface area contributed by atoms with Gasteiger partial charge in [0.15, 0.2) is 5.96 Å². The second-order valence-electron chi connectivity index (χ2n) is 5.27. The molecule has 0 amide bonds. The molecule has 3 nitrogen and oxygen atoms in total. The fourth-order valence-electron chi connectivity index (χ4n) is 2.45. The molecule has 5 heteroatoms. The van der Waals surface area contributed by atoms with Gasteiger partial charge in [-0.2, -0.15) is 0 Å². The molecule has 2 aromatic rings. The van der Waals surface area contributed by atoms with Crippen molar-refractivity contribution in [1.29, 1.82) is 0 Å². The smallest absolute Gasteiger partial charge is 0.199 e. The lowest BCUT2D eigenvalue weighted by Gasteiger charge is -2.26. The Morgan fingerprint density at radius 3 is 2.36 bits per heavy atom. The van der Waals surface area contributed by atoms with Crippen molar-refractivity contribution in [2.24, 2.45) is 4.99 Å². The largest absolute Gasteiger partial charge is 0.354 e. The van der Waals surface area contributed by atoms with Crippen LogP contribution in [-0.4, -0.2) is 19.0 Å². The maximum absolute atomic E-state index is 6.39. The Hall–Kier alpha value is -1.71. The molecule has 0 aromatic heterocycles. The normalized spacial score (nSPS) is 13.7. The molecule has 1 aliphatic rings. The van der Waals surface area contributed by atoms with Crippen molar-refractivity contribution in [3.05, 3.63) is 63.6 Å². The zero-order valence-corrected chi connectivity index (χ0v) is 13.8. The van der Waals surface area contributed by atoms with Gasteiger partial charge < -0.3 is 10.2 Å². The minimum atomic E-state index is 0.621. The Bertz CT molecular complexity index is 675. The summed E-state index contributed by atoms with van der Waals surface area (Å²) in [6, 6.07) is 14.0. The minimum absolute atomic E-state index is 0.621. The van der Waals surface area contributed by atoms with Crippen LogP contribution in [0.5, 0.6) is 0 Å². The third-order valence-electron chi connectivity index (χ3n) is 3.58. The zero-order chi connectivity index (χ0) is 15.5. The van der Waals surface area contributed by atoms with Gasteiger partial charge in [-0.3, -0.25) is 4.99 Å². The fourth-order valence-corrected chi connectivity index (χ4v) is 3.05. The van der Waals surface area contributed by atoms with E-state index < -0.39 is 0 Å². The molecule has 3 rings (SSSR count). The second kappa shape index (κ2) is 6.59. The van der Waals surface area contributed by atoms with E-state index in [0.29, 0.717) is 16.6 Å². The highest BCUT2D eigenvalue weighted by Crippen LogP contribution is 2.34. The molecule has 0 saturated carbocycles. The van der Waals surface area contributed by atoms with Gasteiger partial charge in [0, 0.05) is 6.54 Å². The molecular formula is C17H17Cl2N3. The third-order valence-corrected chi connectivity index (χ3v) is 4.19. The predicted octanol–water partition coefficient (Wildman–Crippen LogP) is 4.27. The summed E-state index contributed by atoms with van der Waals surface area (Å²) in [5.74, 6) is 0.815. The number of rotatable bonds is 3. The van der Waals surface area contributed by atoms with Crippen LogP contribution in [0.25, 0.3) is 0 Å². The van der Waals surface area contributed by atoms with Crippen molar-refractivity contribution in [1.82, 2.24) is 5.32 Å². The molecule has 0 spiro atoms. The lowest BCUT2D eigenvalue weighted by Crippen LogP contribution is -2.38. The molecule has 2 aromatic carbocycles. The van der Waals surface area contributed by atoms with Crippen molar-refractivity contribution < 1.29 is 0 Å². The van der Waals surface area contributed by atoms with Crippen molar-refractivity contribution in [3.63, 3.8) is 0 Å². The minimum Gasteiger partial charge on any atom is -0.354 e. The molecule has 0 unspecified atom stereocenters. The van der Waals surface area contributed by atoms with Crippen LogP contribution in [0, 0.1) is 6.92 Å². The number of nitrogens with zero attached hydrogens (tertiary/aromatic N) is 2. The molecule has 0 radical (unpaired) electrons. The van der Waals surface area contributed by atoms with Gasteiger partial charge in [-0.05, 0) is 24.6 Å². The van der Waals surface area contributed by atoms with E-state index in [2.05, 4.69) is 41.5 Å². The molecule has 0 bridgehead atoms. The summed E-state index contributed by atoms with van der Waals surface area (Å²) in [6.45, 7) is 4.34. The first-order valence-electron chi connectivity index (χ1n) is 7.20. The van der Waals surface area contributed by atoms with Gasteiger partial charge in [0.25, 0.3) is 0 Å². The van der Waals surface area contributed by atoms with E-state index in [-0.39, 0.29) is 0 Å². The number of nitrogens with one attached hydrogen (secondary N) is 1. The highest BCUT2D eigenvalue weighted by molar-refractivity contribution is 6.40. The van der Waals surface area contributed by atoms with E-state index in [4.69, 9.17) is 23.2 Å². The summed E-state index contributed by atoms with van der Waals surface area (Å²) in [4.78, 5) is 6.57. The Labute approximate surface area is 140 Å². The van der Waals surface area contributed by atoms with Gasteiger partial charge in [-0.1, -0.05) is 59.1 Å². The number of hydrogen-bond donors (Lipinski definition) is 1. The van der Waals surface area contributed by atoms with E-state index in [1.165, 1.54) is 11.1 Å². The number of aliphatic imine (C=N–C) groups is 1. The van der Waals surface area contributed by atoms with Gasteiger partial charge in [0.2, 0.25) is 0 Å². The van der Waals surface area contributed by atoms with Gasteiger partial charge in [0.05, 0.1) is 28.8 Å². The number of benzene rings is 2. The molecule has 114 valence electrons. The van der Waals surface area contributed by atoms with Crippen molar-refractivity contribution >= 4 is 34.8 Å². The van der Waals surface area contributed by atoms with E-state index >= 15 is 0 Å².